The average molecular weight is 475 g/mol. The van der Waals surface area contributed by atoms with Crippen LogP contribution in [0.4, 0.5) is 11.4 Å². The molecule has 0 saturated carbocycles. The normalized spacial score (nSPS) is 16.9. The van der Waals surface area contributed by atoms with E-state index in [1.54, 1.807) is 44.2 Å². The molecule has 174 valence electrons. The van der Waals surface area contributed by atoms with E-state index in [-0.39, 0.29) is 17.2 Å². The highest BCUT2D eigenvalue weighted by Crippen LogP contribution is 2.43. The Morgan fingerprint density at radius 1 is 0.941 bits per heavy atom. The van der Waals surface area contributed by atoms with E-state index in [9.17, 15) is 9.59 Å². The van der Waals surface area contributed by atoms with Gasteiger partial charge < -0.3 is 14.8 Å². The van der Waals surface area contributed by atoms with E-state index in [0.717, 1.165) is 24.1 Å². The summed E-state index contributed by atoms with van der Waals surface area (Å²) >= 11 is 1.63. The van der Waals surface area contributed by atoms with Crippen LogP contribution in [0.5, 0.6) is 11.5 Å². The van der Waals surface area contributed by atoms with Gasteiger partial charge in [-0.1, -0.05) is 18.2 Å². The molecule has 1 saturated heterocycles. The van der Waals surface area contributed by atoms with Crippen molar-refractivity contribution in [1.29, 1.82) is 0 Å². The zero-order valence-electron chi connectivity index (χ0n) is 19.2. The summed E-state index contributed by atoms with van der Waals surface area (Å²) < 4.78 is 10.5. The number of amides is 2. The number of hydrogen-bond donors (Lipinski definition) is 1. The highest BCUT2D eigenvalue weighted by Gasteiger charge is 2.34. The van der Waals surface area contributed by atoms with Crippen LogP contribution in [0.1, 0.15) is 38.8 Å². The molecule has 34 heavy (non-hydrogen) atoms. The number of benzene rings is 3. The number of rotatable bonds is 6. The molecule has 0 radical (unpaired) electrons. The maximum absolute atomic E-state index is 12.8. The monoisotopic (exact) mass is 474 g/mol. The molecule has 5 rings (SSSR count). The summed E-state index contributed by atoms with van der Waals surface area (Å²) in [7, 11) is 3.10. The smallest absolute Gasteiger partial charge is 0.255 e. The number of aryl methyl sites for hydroxylation is 2. The van der Waals surface area contributed by atoms with Gasteiger partial charge in [-0.3, -0.25) is 14.5 Å². The van der Waals surface area contributed by atoms with Crippen molar-refractivity contribution in [3.05, 3.63) is 82.9 Å². The first-order chi connectivity index (χ1) is 16.6. The van der Waals surface area contributed by atoms with Crippen molar-refractivity contribution < 1.29 is 19.1 Å². The number of nitrogens with one attached hydrogen (secondary N) is 1. The fraction of sp³-hybridized carbons (Fsp3) is 0.259. The number of nitrogens with zero attached hydrogens (tertiary/aromatic N) is 1. The molecule has 1 aliphatic carbocycles. The summed E-state index contributed by atoms with van der Waals surface area (Å²) in [5.41, 5.74) is 5.86. The van der Waals surface area contributed by atoms with Gasteiger partial charge in [-0.25, -0.2) is 0 Å². The lowest BCUT2D eigenvalue weighted by molar-refractivity contribution is -0.115. The second-order valence-electron chi connectivity index (χ2n) is 8.41. The van der Waals surface area contributed by atoms with Crippen LogP contribution in [-0.2, 0) is 17.6 Å². The number of fused-ring (bicyclic) bond motifs is 1. The molecule has 0 bridgehead atoms. The van der Waals surface area contributed by atoms with Gasteiger partial charge in [0.2, 0.25) is 5.91 Å². The van der Waals surface area contributed by atoms with Crippen LogP contribution in [0.3, 0.4) is 0 Å². The van der Waals surface area contributed by atoms with Gasteiger partial charge in [0.05, 0.1) is 20.0 Å². The van der Waals surface area contributed by atoms with Crippen molar-refractivity contribution in [3.8, 4) is 11.5 Å². The molecule has 3 aromatic carbocycles. The third-order valence-corrected chi connectivity index (χ3v) is 7.51. The van der Waals surface area contributed by atoms with Gasteiger partial charge in [0.15, 0.2) is 0 Å². The van der Waals surface area contributed by atoms with Crippen LogP contribution in [0.25, 0.3) is 0 Å². The zero-order chi connectivity index (χ0) is 23.7. The van der Waals surface area contributed by atoms with Gasteiger partial charge in [-0.2, -0.15) is 0 Å². The highest BCUT2D eigenvalue weighted by atomic mass is 32.2. The van der Waals surface area contributed by atoms with E-state index in [4.69, 9.17) is 9.47 Å². The Morgan fingerprint density at radius 3 is 2.35 bits per heavy atom. The molecule has 1 N–H and O–H groups in total. The first kappa shape index (κ1) is 22.3. The third kappa shape index (κ3) is 4.35. The van der Waals surface area contributed by atoms with Gasteiger partial charge >= 0.3 is 0 Å². The molecule has 1 fully saturated rings. The van der Waals surface area contributed by atoms with Crippen LogP contribution in [0.2, 0.25) is 0 Å². The Hall–Kier alpha value is -3.45. The van der Waals surface area contributed by atoms with E-state index in [1.807, 2.05) is 29.2 Å². The zero-order valence-corrected chi connectivity index (χ0v) is 20.0. The fourth-order valence-corrected chi connectivity index (χ4v) is 5.71. The van der Waals surface area contributed by atoms with Crippen LogP contribution in [0, 0.1) is 0 Å². The average Bonchev–Trinajstić information content (AvgIpc) is 3.50. The Kier molecular flexibility index (Phi) is 6.20. The molecule has 1 unspecified atom stereocenters. The second-order valence-corrected chi connectivity index (χ2v) is 9.48. The molecule has 1 aliphatic heterocycles. The minimum Gasteiger partial charge on any atom is -0.497 e. The largest absolute Gasteiger partial charge is 0.497 e. The summed E-state index contributed by atoms with van der Waals surface area (Å²) in [4.78, 5) is 27.4. The molecule has 3 aromatic rings. The molecule has 1 heterocycles. The Labute approximate surface area is 203 Å². The maximum atomic E-state index is 12.8. The topological polar surface area (TPSA) is 67.9 Å². The number of ether oxygens (including phenoxy) is 2. The van der Waals surface area contributed by atoms with Gasteiger partial charge in [0.25, 0.3) is 5.91 Å². The standard InChI is InChI=1S/C27H26N2O4S/c1-32-23-13-20(14-24(15-23)33-2)26(31)28-21-9-6-18(7-10-21)27-29(25(30)16-34-27)22-11-8-17-4-3-5-19(17)12-22/h6-15,27H,3-5,16H2,1-2H3,(H,28,31). The molecule has 7 heteroatoms. The number of carbonyl (C=O) groups is 2. The SMILES string of the molecule is COc1cc(OC)cc(C(=O)Nc2ccc(C3SCC(=O)N3c3ccc4c(c3)CCC4)cc2)c1. The van der Waals surface area contributed by atoms with Gasteiger partial charge in [0, 0.05) is 23.0 Å². The molecule has 6 nitrogen and oxygen atoms in total. The minimum absolute atomic E-state index is 0.0839. The Bertz CT molecular complexity index is 1220. The van der Waals surface area contributed by atoms with Crippen LogP contribution in [0.15, 0.2) is 60.7 Å². The quantitative estimate of drug-likeness (QED) is 0.530. The number of thioether (sulfide) groups is 1. The number of methoxy groups -OCH3 is 2. The molecule has 2 amide bonds. The van der Waals surface area contributed by atoms with E-state index >= 15 is 0 Å². The number of anilines is 2. The van der Waals surface area contributed by atoms with Crippen molar-refractivity contribution in [1.82, 2.24) is 0 Å². The lowest BCUT2D eigenvalue weighted by Gasteiger charge is -2.25. The summed E-state index contributed by atoms with van der Waals surface area (Å²) in [6.45, 7) is 0. The summed E-state index contributed by atoms with van der Waals surface area (Å²) in [6.07, 6.45) is 3.38. The van der Waals surface area contributed by atoms with Crippen LogP contribution >= 0.6 is 11.8 Å². The van der Waals surface area contributed by atoms with Gasteiger partial charge in [0.1, 0.15) is 16.9 Å². The molecular weight excluding hydrogens is 448 g/mol. The van der Waals surface area contributed by atoms with Crippen molar-refractivity contribution >= 4 is 35.0 Å². The van der Waals surface area contributed by atoms with Crippen LogP contribution in [-0.4, -0.2) is 31.8 Å². The third-order valence-electron chi connectivity index (χ3n) is 6.30. The first-order valence-electron chi connectivity index (χ1n) is 11.3. The first-order valence-corrected chi connectivity index (χ1v) is 12.3. The number of carbonyl (C=O) groups excluding carboxylic acids is 2. The highest BCUT2D eigenvalue weighted by molar-refractivity contribution is 8.00. The van der Waals surface area contributed by atoms with Gasteiger partial charge in [-0.15, -0.1) is 11.8 Å². The molecule has 0 aromatic heterocycles. The van der Waals surface area contributed by atoms with Crippen LogP contribution < -0.4 is 19.7 Å². The fourth-order valence-electron chi connectivity index (χ4n) is 4.53. The van der Waals surface area contributed by atoms with Crippen molar-refractivity contribution in [2.24, 2.45) is 0 Å². The molecule has 0 spiro atoms. The predicted molar refractivity (Wildman–Crippen MR) is 135 cm³/mol. The van der Waals surface area contributed by atoms with E-state index in [0.29, 0.717) is 28.5 Å². The van der Waals surface area contributed by atoms with Gasteiger partial charge in [-0.05, 0) is 72.4 Å². The van der Waals surface area contributed by atoms with E-state index < -0.39 is 0 Å². The lowest BCUT2D eigenvalue weighted by Crippen LogP contribution is -2.27. The molecular formula is C27H26N2O4S. The lowest BCUT2D eigenvalue weighted by atomic mass is 10.1. The van der Waals surface area contributed by atoms with Crippen molar-refractivity contribution in [3.63, 3.8) is 0 Å². The minimum atomic E-state index is -0.255. The summed E-state index contributed by atoms with van der Waals surface area (Å²) in [6, 6.07) is 19.1. The van der Waals surface area contributed by atoms with Crippen molar-refractivity contribution in [2.75, 3.05) is 30.2 Å². The Morgan fingerprint density at radius 2 is 1.65 bits per heavy atom. The van der Waals surface area contributed by atoms with E-state index in [2.05, 4.69) is 23.5 Å². The Balaban J connectivity index is 1.33. The number of hydrogen-bond acceptors (Lipinski definition) is 5. The summed E-state index contributed by atoms with van der Waals surface area (Å²) in [5.74, 6) is 1.43. The second kappa shape index (κ2) is 9.43. The van der Waals surface area contributed by atoms with E-state index in [1.165, 1.54) is 17.5 Å². The predicted octanol–water partition coefficient (Wildman–Crippen LogP) is 5.22. The maximum Gasteiger partial charge on any atom is 0.255 e. The molecule has 2 aliphatic rings. The van der Waals surface area contributed by atoms with Crippen molar-refractivity contribution in [2.45, 2.75) is 24.6 Å². The molecule has 1 atom stereocenters. The summed E-state index contributed by atoms with van der Waals surface area (Å²) in [5, 5.41) is 2.84.